The van der Waals surface area contributed by atoms with Gasteiger partial charge >= 0.3 is 0 Å². The number of thioether (sulfide) groups is 1. The lowest BCUT2D eigenvalue weighted by atomic mass is 10.1. The van der Waals surface area contributed by atoms with E-state index in [1.54, 1.807) is 0 Å². The molecule has 0 aliphatic carbocycles. The van der Waals surface area contributed by atoms with Crippen LogP contribution >= 0.6 is 34.4 Å². The molecule has 0 saturated carbocycles. The summed E-state index contributed by atoms with van der Waals surface area (Å²) in [4.78, 5) is 0. The smallest absolute Gasteiger partial charge is 0.0626 e. The molecule has 13 heavy (non-hydrogen) atoms. The van der Waals surface area contributed by atoms with Crippen molar-refractivity contribution in [1.29, 1.82) is 0 Å². The summed E-state index contributed by atoms with van der Waals surface area (Å²) in [6, 6.07) is 0.657. The molecule has 0 atom stereocenters. The van der Waals surface area contributed by atoms with Gasteiger partial charge in [-0.05, 0) is 53.9 Å². The molecule has 2 heterocycles. The van der Waals surface area contributed by atoms with E-state index in [1.807, 2.05) is 6.20 Å². The summed E-state index contributed by atoms with van der Waals surface area (Å²) in [6.45, 7) is 2.16. The Morgan fingerprint density at radius 1 is 1.54 bits per heavy atom. The predicted octanol–water partition coefficient (Wildman–Crippen LogP) is 2.86. The van der Waals surface area contributed by atoms with Gasteiger partial charge in [-0.1, -0.05) is 0 Å². The third-order valence-electron chi connectivity index (χ3n) is 2.52. The molecule has 1 aromatic rings. The Balaban J connectivity index is 2.18. The topological polar surface area (TPSA) is 17.8 Å². The molecular weight excluding hydrogens is 295 g/mol. The fourth-order valence-corrected chi connectivity index (χ4v) is 3.15. The molecule has 0 N–H and O–H groups in total. The Bertz CT molecular complexity index is 292. The summed E-state index contributed by atoms with van der Waals surface area (Å²) in [7, 11) is 0. The van der Waals surface area contributed by atoms with Gasteiger partial charge in [-0.15, -0.1) is 0 Å². The minimum Gasteiger partial charge on any atom is -0.266 e. The quantitative estimate of drug-likeness (QED) is 0.743. The second-order valence-electron chi connectivity index (χ2n) is 3.37. The number of halogens is 1. The molecule has 2 nitrogen and oxygen atoms in total. The molecule has 1 fully saturated rings. The van der Waals surface area contributed by atoms with Gasteiger partial charge in [0.1, 0.15) is 0 Å². The molecule has 72 valence electrons. The van der Waals surface area contributed by atoms with E-state index in [2.05, 4.69) is 51.1 Å². The fraction of sp³-hybridized carbons (Fsp3) is 0.667. The highest BCUT2D eigenvalue weighted by Crippen LogP contribution is 2.28. The second-order valence-corrected chi connectivity index (χ2v) is 5.75. The summed E-state index contributed by atoms with van der Waals surface area (Å²) in [5, 5.41) is 4.44. The normalized spacial score (nSPS) is 19.2. The Morgan fingerprint density at radius 2 is 2.23 bits per heavy atom. The molecule has 0 amide bonds. The third-order valence-corrected chi connectivity index (χ3v) is 4.63. The van der Waals surface area contributed by atoms with E-state index in [0.717, 1.165) is 0 Å². The highest BCUT2D eigenvalue weighted by atomic mass is 127. The highest BCUT2D eigenvalue weighted by molar-refractivity contribution is 14.1. The van der Waals surface area contributed by atoms with Crippen LogP contribution in [0.3, 0.4) is 0 Å². The fourth-order valence-electron chi connectivity index (χ4n) is 1.70. The zero-order valence-corrected chi connectivity index (χ0v) is 10.6. The van der Waals surface area contributed by atoms with Crippen LogP contribution < -0.4 is 0 Å². The van der Waals surface area contributed by atoms with Crippen molar-refractivity contribution in [3.05, 3.63) is 15.5 Å². The van der Waals surface area contributed by atoms with Crippen molar-refractivity contribution in [3.8, 4) is 0 Å². The van der Waals surface area contributed by atoms with Gasteiger partial charge in [0.2, 0.25) is 0 Å². The van der Waals surface area contributed by atoms with E-state index in [0.29, 0.717) is 6.04 Å². The zero-order valence-electron chi connectivity index (χ0n) is 7.66. The average molecular weight is 308 g/mol. The Labute approximate surface area is 96.6 Å². The van der Waals surface area contributed by atoms with Crippen LogP contribution in [0.1, 0.15) is 24.6 Å². The van der Waals surface area contributed by atoms with Gasteiger partial charge in [0, 0.05) is 5.69 Å². The average Bonchev–Trinajstić information content (AvgIpc) is 2.49. The summed E-state index contributed by atoms with van der Waals surface area (Å²) in [6.07, 6.45) is 4.53. The standard InChI is InChI=1S/C9H13IN2S/c1-7-9(10)6-11-12(7)8-2-4-13-5-3-8/h6,8H,2-5H2,1H3. The van der Waals surface area contributed by atoms with Crippen molar-refractivity contribution in [3.63, 3.8) is 0 Å². The van der Waals surface area contributed by atoms with Crippen molar-refractivity contribution < 1.29 is 0 Å². The Morgan fingerprint density at radius 3 is 2.77 bits per heavy atom. The van der Waals surface area contributed by atoms with E-state index in [4.69, 9.17) is 0 Å². The monoisotopic (exact) mass is 308 g/mol. The molecule has 0 radical (unpaired) electrons. The molecule has 1 aliphatic rings. The van der Waals surface area contributed by atoms with E-state index in [1.165, 1.54) is 33.6 Å². The van der Waals surface area contributed by atoms with Gasteiger partial charge in [-0.2, -0.15) is 16.9 Å². The maximum absolute atomic E-state index is 4.44. The summed E-state index contributed by atoms with van der Waals surface area (Å²) < 4.78 is 3.50. The van der Waals surface area contributed by atoms with Gasteiger partial charge in [0.05, 0.1) is 15.8 Å². The molecule has 4 heteroatoms. The van der Waals surface area contributed by atoms with Gasteiger partial charge in [-0.3, -0.25) is 4.68 Å². The van der Waals surface area contributed by atoms with Crippen LogP contribution in [0.15, 0.2) is 6.20 Å². The van der Waals surface area contributed by atoms with Crippen LogP contribution in [0.25, 0.3) is 0 Å². The predicted molar refractivity (Wildman–Crippen MR) is 65.3 cm³/mol. The third kappa shape index (κ3) is 2.03. The van der Waals surface area contributed by atoms with Crippen molar-refractivity contribution in [2.75, 3.05) is 11.5 Å². The number of hydrogen-bond acceptors (Lipinski definition) is 2. The first-order chi connectivity index (χ1) is 6.29. The van der Waals surface area contributed by atoms with Crippen LogP contribution in [0.2, 0.25) is 0 Å². The molecule has 2 rings (SSSR count). The van der Waals surface area contributed by atoms with Crippen LogP contribution in [-0.4, -0.2) is 21.3 Å². The number of rotatable bonds is 1. The molecule has 0 aromatic carbocycles. The minimum atomic E-state index is 0.657. The van der Waals surface area contributed by atoms with Crippen molar-refractivity contribution in [1.82, 2.24) is 9.78 Å². The summed E-state index contributed by atoms with van der Waals surface area (Å²) in [5.74, 6) is 2.58. The SMILES string of the molecule is Cc1c(I)cnn1C1CCSCC1. The largest absolute Gasteiger partial charge is 0.266 e. The van der Waals surface area contributed by atoms with Gasteiger partial charge < -0.3 is 0 Å². The highest BCUT2D eigenvalue weighted by Gasteiger charge is 2.18. The first-order valence-corrected chi connectivity index (χ1v) is 6.79. The Kier molecular flexibility index (Phi) is 3.18. The van der Waals surface area contributed by atoms with Crippen LogP contribution in [0.4, 0.5) is 0 Å². The lowest BCUT2D eigenvalue weighted by Crippen LogP contribution is -2.17. The second kappa shape index (κ2) is 4.21. The van der Waals surface area contributed by atoms with Gasteiger partial charge in [0.25, 0.3) is 0 Å². The molecule has 1 aliphatic heterocycles. The van der Waals surface area contributed by atoms with E-state index in [9.17, 15) is 0 Å². The lowest BCUT2D eigenvalue weighted by molar-refractivity contribution is 0.418. The van der Waals surface area contributed by atoms with Crippen LogP contribution in [0.5, 0.6) is 0 Å². The molecule has 0 unspecified atom stereocenters. The van der Waals surface area contributed by atoms with Crippen LogP contribution in [-0.2, 0) is 0 Å². The summed E-state index contributed by atoms with van der Waals surface area (Å²) in [5.41, 5.74) is 1.33. The molecule has 1 saturated heterocycles. The van der Waals surface area contributed by atoms with E-state index < -0.39 is 0 Å². The minimum absolute atomic E-state index is 0.657. The molecule has 0 bridgehead atoms. The van der Waals surface area contributed by atoms with Gasteiger partial charge in [-0.25, -0.2) is 0 Å². The number of hydrogen-bond donors (Lipinski definition) is 0. The molecule has 0 spiro atoms. The van der Waals surface area contributed by atoms with Gasteiger partial charge in [0.15, 0.2) is 0 Å². The molecular formula is C9H13IN2S. The zero-order chi connectivity index (χ0) is 9.26. The lowest BCUT2D eigenvalue weighted by Gasteiger charge is -2.22. The van der Waals surface area contributed by atoms with Crippen LogP contribution in [0, 0.1) is 10.5 Å². The number of aromatic nitrogens is 2. The van der Waals surface area contributed by atoms with Crippen molar-refractivity contribution in [2.24, 2.45) is 0 Å². The maximum Gasteiger partial charge on any atom is 0.0626 e. The van der Waals surface area contributed by atoms with E-state index >= 15 is 0 Å². The molecule has 1 aromatic heterocycles. The Hall–Kier alpha value is 0.290. The first-order valence-electron chi connectivity index (χ1n) is 4.56. The van der Waals surface area contributed by atoms with Crippen molar-refractivity contribution >= 4 is 34.4 Å². The van der Waals surface area contributed by atoms with Crippen molar-refractivity contribution in [2.45, 2.75) is 25.8 Å². The maximum atomic E-state index is 4.44. The first kappa shape index (κ1) is 9.83. The van der Waals surface area contributed by atoms with E-state index in [-0.39, 0.29) is 0 Å². The summed E-state index contributed by atoms with van der Waals surface area (Å²) >= 11 is 4.42. The number of nitrogens with zero attached hydrogens (tertiary/aromatic N) is 2.